The summed E-state index contributed by atoms with van der Waals surface area (Å²) in [4.78, 5) is 10.8. The third-order valence-corrected chi connectivity index (χ3v) is 0.956. The van der Waals surface area contributed by atoms with Gasteiger partial charge in [-0.1, -0.05) is 0 Å². The summed E-state index contributed by atoms with van der Waals surface area (Å²) in [5, 5.41) is 1.21. The Labute approximate surface area is 58.6 Å². The third-order valence-electron chi connectivity index (χ3n) is 0.956. The van der Waals surface area contributed by atoms with Gasteiger partial charge in [-0.05, 0) is 6.92 Å². The minimum absolute atomic E-state index is 0.380. The molecule has 1 aliphatic rings. The number of hydrogen-bond donors (Lipinski definition) is 2. The molecule has 0 fully saturated rings. The van der Waals surface area contributed by atoms with E-state index in [1.807, 2.05) is 0 Å². The van der Waals surface area contributed by atoms with Gasteiger partial charge in [0.1, 0.15) is 0 Å². The van der Waals surface area contributed by atoms with Crippen LogP contribution in [-0.2, 0) is 4.74 Å². The van der Waals surface area contributed by atoms with Crippen molar-refractivity contribution in [3.05, 3.63) is 12.4 Å². The van der Waals surface area contributed by atoms with E-state index in [2.05, 4.69) is 15.7 Å². The molecule has 1 rings (SSSR count). The third kappa shape index (κ3) is 1.38. The van der Waals surface area contributed by atoms with Gasteiger partial charge in [0.25, 0.3) is 0 Å². The largest absolute Gasteiger partial charge is 0.448 e. The van der Waals surface area contributed by atoms with Crippen molar-refractivity contribution in [1.82, 2.24) is 16.0 Å². The summed E-state index contributed by atoms with van der Waals surface area (Å²) in [5.41, 5.74) is 5.15. The molecule has 0 unspecified atom stereocenters. The lowest BCUT2D eigenvalue weighted by Crippen LogP contribution is -2.40. The highest BCUT2D eigenvalue weighted by Gasteiger charge is 2.12. The van der Waals surface area contributed by atoms with Crippen LogP contribution in [-0.4, -0.2) is 17.7 Å². The fourth-order valence-electron chi connectivity index (χ4n) is 0.555. The van der Waals surface area contributed by atoms with Crippen LogP contribution >= 0.6 is 0 Å². The van der Waals surface area contributed by atoms with Crippen LogP contribution in [0.25, 0.3) is 0 Å². The van der Waals surface area contributed by atoms with Gasteiger partial charge < -0.3 is 10.2 Å². The number of ether oxygens (including phenoxy) is 1. The number of rotatable bonds is 1. The topological polar surface area (TPSA) is 53.6 Å². The van der Waals surface area contributed by atoms with E-state index in [0.29, 0.717) is 6.61 Å². The number of nitrogens with zero attached hydrogens (tertiary/aromatic N) is 1. The molecule has 0 saturated heterocycles. The first-order valence-corrected chi connectivity index (χ1v) is 2.98. The summed E-state index contributed by atoms with van der Waals surface area (Å²) in [5.74, 6) is 0. The molecule has 0 spiro atoms. The predicted molar refractivity (Wildman–Crippen MR) is 34.3 cm³/mol. The Balaban J connectivity index is 2.33. The molecular weight excluding hydrogens is 134 g/mol. The number of hydrogen-bond acceptors (Lipinski definition) is 4. The molecule has 2 N–H and O–H groups in total. The molecule has 0 bridgehead atoms. The van der Waals surface area contributed by atoms with Crippen LogP contribution in [0.2, 0.25) is 0 Å². The Hall–Kier alpha value is -1.23. The second kappa shape index (κ2) is 3.07. The van der Waals surface area contributed by atoms with Crippen LogP contribution < -0.4 is 11.0 Å². The van der Waals surface area contributed by atoms with Gasteiger partial charge in [0, 0.05) is 12.4 Å². The Morgan fingerprint density at radius 3 is 3.10 bits per heavy atom. The highest BCUT2D eigenvalue weighted by atomic mass is 16.6. The maximum Gasteiger partial charge on any atom is 0.429 e. The maximum atomic E-state index is 10.8. The Kier molecular flexibility index (Phi) is 2.11. The second-order valence-corrected chi connectivity index (χ2v) is 1.64. The zero-order valence-electron chi connectivity index (χ0n) is 5.63. The molecule has 0 aliphatic carbocycles. The van der Waals surface area contributed by atoms with Gasteiger partial charge in [-0.2, -0.15) is 5.01 Å². The molecule has 1 heterocycles. The molecule has 0 aromatic rings. The van der Waals surface area contributed by atoms with Gasteiger partial charge in [-0.3, -0.25) is 0 Å². The summed E-state index contributed by atoms with van der Waals surface area (Å²) < 4.78 is 4.66. The second-order valence-electron chi connectivity index (χ2n) is 1.64. The van der Waals surface area contributed by atoms with Crippen molar-refractivity contribution in [1.29, 1.82) is 0 Å². The van der Waals surface area contributed by atoms with Crippen LogP contribution in [0.5, 0.6) is 0 Å². The molecular formula is C5H9N3O2. The van der Waals surface area contributed by atoms with Gasteiger partial charge in [-0.15, -0.1) is 5.53 Å². The monoisotopic (exact) mass is 143 g/mol. The van der Waals surface area contributed by atoms with E-state index in [9.17, 15) is 4.79 Å². The van der Waals surface area contributed by atoms with Gasteiger partial charge in [-0.25, -0.2) is 4.79 Å². The van der Waals surface area contributed by atoms with E-state index >= 15 is 0 Å². The molecule has 10 heavy (non-hydrogen) atoms. The molecule has 5 heteroatoms. The first kappa shape index (κ1) is 6.88. The molecule has 0 aromatic carbocycles. The highest BCUT2D eigenvalue weighted by molar-refractivity contribution is 5.68. The summed E-state index contributed by atoms with van der Waals surface area (Å²) in [6, 6.07) is 0. The molecule has 0 saturated carbocycles. The summed E-state index contributed by atoms with van der Waals surface area (Å²) >= 11 is 0. The lowest BCUT2D eigenvalue weighted by atomic mass is 10.8. The van der Waals surface area contributed by atoms with Crippen LogP contribution in [0.3, 0.4) is 0 Å². The summed E-state index contributed by atoms with van der Waals surface area (Å²) in [6.07, 6.45) is 2.72. The fourth-order valence-corrected chi connectivity index (χ4v) is 0.555. The van der Waals surface area contributed by atoms with E-state index < -0.39 is 6.09 Å². The summed E-state index contributed by atoms with van der Waals surface area (Å²) in [6.45, 7) is 2.13. The van der Waals surface area contributed by atoms with Crippen molar-refractivity contribution in [3.63, 3.8) is 0 Å². The van der Waals surface area contributed by atoms with Gasteiger partial charge in [0.15, 0.2) is 0 Å². The van der Waals surface area contributed by atoms with Crippen LogP contribution in [0.1, 0.15) is 6.92 Å². The van der Waals surface area contributed by atoms with Gasteiger partial charge in [0.2, 0.25) is 0 Å². The number of nitrogens with one attached hydrogen (secondary N) is 2. The van der Waals surface area contributed by atoms with Crippen molar-refractivity contribution in [3.8, 4) is 0 Å². The number of hydrazine groups is 2. The molecule has 56 valence electrons. The molecule has 0 radical (unpaired) electrons. The van der Waals surface area contributed by atoms with Gasteiger partial charge in [0.05, 0.1) is 6.61 Å². The van der Waals surface area contributed by atoms with Gasteiger partial charge >= 0.3 is 6.09 Å². The summed E-state index contributed by atoms with van der Waals surface area (Å²) in [7, 11) is 0. The average molecular weight is 143 g/mol. The molecule has 0 aromatic heterocycles. The molecule has 1 amide bonds. The van der Waals surface area contributed by atoms with Crippen molar-refractivity contribution < 1.29 is 9.53 Å². The van der Waals surface area contributed by atoms with E-state index in [-0.39, 0.29) is 0 Å². The number of carbonyl (C=O) groups excluding carboxylic acids is 1. The van der Waals surface area contributed by atoms with E-state index in [4.69, 9.17) is 0 Å². The minimum atomic E-state index is -0.413. The normalized spacial score (nSPS) is 15.1. The van der Waals surface area contributed by atoms with Crippen molar-refractivity contribution >= 4 is 6.09 Å². The van der Waals surface area contributed by atoms with Crippen molar-refractivity contribution in [2.24, 2.45) is 0 Å². The van der Waals surface area contributed by atoms with E-state index in [1.54, 1.807) is 13.1 Å². The zero-order chi connectivity index (χ0) is 7.40. The maximum absolute atomic E-state index is 10.8. The lowest BCUT2D eigenvalue weighted by molar-refractivity contribution is 0.108. The smallest absolute Gasteiger partial charge is 0.429 e. The molecule has 5 nitrogen and oxygen atoms in total. The van der Waals surface area contributed by atoms with Crippen LogP contribution in [0.4, 0.5) is 4.79 Å². The standard InChI is InChI=1S/C5H9N3O2/c1-2-10-5(9)8-4-3-6-7-8/h3-4,6-7H,2H2,1H3. The van der Waals surface area contributed by atoms with Crippen molar-refractivity contribution in [2.45, 2.75) is 6.92 Å². The average Bonchev–Trinajstić information content (AvgIpc) is 2.38. The fraction of sp³-hybridized carbons (Fsp3) is 0.400. The quantitative estimate of drug-likeness (QED) is 0.540. The minimum Gasteiger partial charge on any atom is -0.448 e. The van der Waals surface area contributed by atoms with E-state index in [0.717, 1.165) is 0 Å². The molecule has 0 atom stereocenters. The Morgan fingerprint density at radius 2 is 2.60 bits per heavy atom. The SMILES string of the molecule is CCOC(=O)N1C=CNN1. The zero-order valence-corrected chi connectivity index (χ0v) is 5.63. The Morgan fingerprint density at radius 1 is 1.80 bits per heavy atom. The number of carbonyl (C=O) groups is 1. The first-order chi connectivity index (χ1) is 4.84. The molecule has 1 aliphatic heterocycles. The van der Waals surface area contributed by atoms with Crippen LogP contribution in [0.15, 0.2) is 12.4 Å². The Bertz CT molecular complexity index is 157. The van der Waals surface area contributed by atoms with E-state index in [1.165, 1.54) is 11.2 Å². The number of amides is 1. The van der Waals surface area contributed by atoms with Crippen molar-refractivity contribution in [2.75, 3.05) is 6.61 Å². The predicted octanol–water partition coefficient (Wildman–Crippen LogP) is -0.0611. The van der Waals surface area contributed by atoms with Crippen LogP contribution in [0, 0.1) is 0 Å². The first-order valence-electron chi connectivity index (χ1n) is 2.98. The highest BCUT2D eigenvalue weighted by Crippen LogP contribution is 1.92. The lowest BCUT2D eigenvalue weighted by Gasteiger charge is -2.11.